The van der Waals surface area contributed by atoms with Gasteiger partial charge in [0.25, 0.3) is 0 Å². The molecule has 474 valence electrons. The summed E-state index contributed by atoms with van der Waals surface area (Å²) < 4.78 is 5.49. The second kappa shape index (κ2) is 69.8. The normalized spacial score (nSPS) is 12.6. The van der Waals surface area contributed by atoms with Gasteiger partial charge in [0, 0.05) is 12.8 Å². The van der Waals surface area contributed by atoms with Crippen molar-refractivity contribution >= 4 is 11.9 Å². The summed E-state index contributed by atoms with van der Waals surface area (Å²) in [5.41, 5.74) is 0. The first kappa shape index (κ1) is 78.3. The minimum absolute atomic E-state index is 0.00807. The van der Waals surface area contributed by atoms with Crippen LogP contribution in [0.25, 0.3) is 0 Å². The molecule has 0 saturated heterocycles. The lowest BCUT2D eigenvalue weighted by Gasteiger charge is -2.22. The Labute approximate surface area is 501 Å². The summed E-state index contributed by atoms with van der Waals surface area (Å²) >= 11 is 0. The number of esters is 1. The zero-order valence-electron chi connectivity index (χ0n) is 54.3. The molecule has 0 aliphatic heterocycles. The van der Waals surface area contributed by atoms with Crippen LogP contribution in [0.1, 0.15) is 412 Å². The Morgan fingerprint density at radius 1 is 0.338 bits per heavy atom. The molecule has 2 atom stereocenters. The number of aliphatic hydroxyl groups excluding tert-OH is 2. The van der Waals surface area contributed by atoms with Crippen molar-refractivity contribution in [2.75, 3.05) is 13.2 Å². The smallest absolute Gasteiger partial charge is 0.305 e. The standard InChI is InChI=1S/C74H143NO5/c1-3-5-7-9-11-13-15-17-19-20-21-29-32-35-39-42-46-50-54-58-62-66-72(77)71(70-76)75-73(78)67-63-59-55-51-47-43-40-36-33-30-27-25-23-22-24-26-28-31-34-37-41-45-49-53-57-61-65-69-80-74(79)68-64-60-56-52-48-44-38-18-16-14-12-10-8-6-4-2/h18,22-23,38,71-72,76-77H,3-17,19-21,24-37,39-70H2,1-2H3,(H,75,78)/b23-22-,38-18-. The first-order valence-corrected chi connectivity index (χ1v) is 36.6. The van der Waals surface area contributed by atoms with E-state index in [0.29, 0.717) is 25.9 Å². The average molecular weight is 1130 g/mol. The highest BCUT2D eigenvalue weighted by Crippen LogP contribution is 2.19. The van der Waals surface area contributed by atoms with Gasteiger partial charge >= 0.3 is 5.97 Å². The molecule has 2 unspecified atom stereocenters. The van der Waals surface area contributed by atoms with Crippen LogP contribution in [0.3, 0.4) is 0 Å². The van der Waals surface area contributed by atoms with Crippen molar-refractivity contribution in [3.63, 3.8) is 0 Å². The zero-order valence-corrected chi connectivity index (χ0v) is 54.3. The molecule has 0 aliphatic carbocycles. The van der Waals surface area contributed by atoms with E-state index in [0.717, 1.165) is 44.9 Å². The van der Waals surface area contributed by atoms with Gasteiger partial charge in [-0.05, 0) is 77.0 Å². The number of rotatable bonds is 69. The largest absolute Gasteiger partial charge is 0.466 e. The Balaban J connectivity index is 3.38. The molecule has 0 bridgehead atoms. The Kier molecular flexibility index (Phi) is 68.4. The molecule has 0 aromatic rings. The molecule has 0 radical (unpaired) electrons. The summed E-state index contributed by atoms with van der Waals surface area (Å²) in [6.07, 6.45) is 88.0. The minimum Gasteiger partial charge on any atom is -0.466 e. The van der Waals surface area contributed by atoms with Crippen molar-refractivity contribution in [2.24, 2.45) is 0 Å². The number of ether oxygens (including phenoxy) is 1. The van der Waals surface area contributed by atoms with Crippen molar-refractivity contribution < 1.29 is 24.5 Å². The van der Waals surface area contributed by atoms with Crippen molar-refractivity contribution in [1.82, 2.24) is 5.32 Å². The predicted octanol–water partition coefficient (Wildman–Crippen LogP) is 23.7. The lowest BCUT2D eigenvalue weighted by atomic mass is 10.0. The molecular weight excluding hydrogens is 983 g/mol. The van der Waals surface area contributed by atoms with Crippen molar-refractivity contribution in [3.05, 3.63) is 24.3 Å². The van der Waals surface area contributed by atoms with E-state index in [1.54, 1.807) is 0 Å². The van der Waals surface area contributed by atoms with Crippen LogP contribution >= 0.6 is 0 Å². The van der Waals surface area contributed by atoms with E-state index in [-0.39, 0.29) is 18.5 Å². The molecule has 0 heterocycles. The van der Waals surface area contributed by atoms with E-state index >= 15 is 0 Å². The molecule has 0 rings (SSSR count). The van der Waals surface area contributed by atoms with Crippen LogP contribution in [0.2, 0.25) is 0 Å². The average Bonchev–Trinajstić information content (AvgIpc) is 3.46. The Morgan fingerprint density at radius 2 is 0.588 bits per heavy atom. The molecule has 0 saturated carbocycles. The quantitative estimate of drug-likeness (QED) is 0.0320. The van der Waals surface area contributed by atoms with Gasteiger partial charge in [-0.2, -0.15) is 0 Å². The molecule has 0 aliphatic rings. The van der Waals surface area contributed by atoms with E-state index in [1.165, 1.54) is 334 Å². The molecule has 0 spiro atoms. The molecule has 0 fully saturated rings. The van der Waals surface area contributed by atoms with Crippen LogP contribution in [0.5, 0.6) is 0 Å². The fraction of sp³-hybridized carbons (Fsp3) is 0.919. The molecule has 6 nitrogen and oxygen atoms in total. The lowest BCUT2D eigenvalue weighted by Crippen LogP contribution is -2.45. The minimum atomic E-state index is -0.666. The Morgan fingerprint density at radius 3 is 0.887 bits per heavy atom. The summed E-state index contributed by atoms with van der Waals surface area (Å²) in [4.78, 5) is 24.6. The van der Waals surface area contributed by atoms with E-state index in [9.17, 15) is 19.8 Å². The number of allylic oxidation sites excluding steroid dienone is 4. The van der Waals surface area contributed by atoms with Crippen LogP contribution in [0.15, 0.2) is 24.3 Å². The summed E-state index contributed by atoms with van der Waals surface area (Å²) in [5.74, 6) is -0.0232. The van der Waals surface area contributed by atoms with Crippen LogP contribution < -0.4 is 5.32 Å². The van der Waals surface area contributed by atoms with Gasteiger partial charge in [-0.3, -0.25) is 9.59 Å². The molecule has 1 amide bonds. The van der Waals surface area contributed by atoms with Crippen molar-refractivity contribution in [2.45, 2.75) is 424 Å². The van der Waals surface area contributed by atoms with Gasteiger partial charge in [-0.15, -0.1) is 0 Å². The van der Waals surface area contributed by atoms with Gasteiger partial charge in [0.2, 0.25) is 5.91 Å². The second-order valence-corrected chi connectivity index (χ2v) is 25.3. The number of hydrogen-bond donors (Lipinski definition) is 3. The van der Waals surface area contributed by atoms with E-state index < -0.39 is 12.1 Å². The number of carbonyl (C=O) groups excluding carboxylic acids is 2. The topological polar surface area (TPSA) is 95.9 Å². The first-order chi connectivity index (χ1) is 39.5. The number of hydrogen-bond acceptors (Lipinski definition) is 5. The molecule has 3 N–H and O–H groups in total. The van der Waals surface area contributed by atoms with E-state index in [2.05, 4.69) is 43.5 Å². The molecular formula is C74H143NO5. The van der Waals surface area contributed by atoms with Gasteiger partial charge < -0.3 is 20.3 Å². The summed E-state index contributed by atoms with van der Waals surface area (Å²) in [7, 11) is 0. The van der Waals surface area contributed by atoms with Crippen LogP contribution in [0, 0.1) is 0 Å². The molecule has 0 aromatic heterocycles. The molecule has 80 heavy (non-hydrogen) atoms. The SMILES string of the molecule is CCCCCCCC/C=C\CCCCCCCC(=O)OCCCCCCCCCCCCCC/C=C\CCCCCCCCCCCCCC(=O)NC(CO)C(O)CCCCCCCCCCCCCCCCCCCCCCC. The van der Waals surface area contributed by atoms with Crippen LogP contribution in [-0.2, 0) is 14.3 Å². The summed E-state index contributed by atoms with van der Waals surface area (Å²) in [6, 6.07) is -0.543. The predicted molar refractivity (Wildman–Crippen MR) is 352 cm³/mol. The third kappa shape index (κ3) is 65.5. The number of unbranched alkanes of at least 4 members (excludes halogenated alkanes) is 54. The fourth-order valence-corrected chi connectivity index (χ4v) is 11.6. The van der Waals surface area contributed by atoms with Crippen molar-refractivity contribution in [3.8, 4) is 0 Å². The highest BCUT2D eigenvalue weighted by molar-refractivity contribution is 5.76. The van der Waals surface area contributed by atoms with Gasteiger partial charge in [0.05, 0.1) is 25.4 Å². The van der Waals surface area contributed by atoms with Crippen molar-refractivity contribution in [1.29, 1.82) is 0 Å². The Hall–Kier alpha value is -1.66. The fourth-order valence-electron chi connectivity index (χ4n) is 11.6. The lowest BCUT2D eigenvalue weighted by molar-refractivity contribution is -0.143. The second-order valence-electron chi connectivity index (χ2n) is 25.3. The van der Waals surface area contributed by atoms with Crippen LogP contribution in [-0.4, -0.2) is 47.4 Å². The van der Waals surface area contributed by atoms with Gasteiger partial charge in [-0.1, -0.05) is 346 Å². The summed E-state index contributed by atoms with van der Waals surface area (Å²) in [5, 5.41) is 23.4. The van der Waals surface area contributed by atoms with Gasteiger partial charge in [0.15, 0.2) is 0 Å². The van der Waals surface area contributed by atoms with Crippen LogP contribution in [0.4, 0.5) is 0 Å². The third-order valence-electron chi connectivity index (χ3n) is 17.2. The number of aliphatic hydroxyl groups is 2. The third-order valence-corrected chi connectivity index (χ3v) is 17.2. The monoisotopic (exact) mass is 1130 g/mol. The Bertz CT molecular complexity index is 1250. The number of amides is 1. The van der Waals surface area contributed by atoms with Gasteiger partial charge in [0.1, 0.15) is 0 Å². The highest BCUT2D eigenvalue weighted by Gasteiger charge is 2.20. The number of carbonyl (C=O) groups is 2. The van der Waals surface area contributed by atoms with E-state index in [1.807, 2.05) is 0 Å². The van der Waals surface area contributed by atoms with E-state index in [4.69, 9.17) is 4.74 Å². The zero-order chi connectivity index (χ0) is 57.8. The maximum absolute atomic E-state index is 12.6. The maximum atomic E-state index is 12.6. The van der Waals surface area contributed by atoms with Gasteiger partial charge in [-0.25, -0.2) is 0 Å². The first-order valence-electron chi connectivity index (χ1n) is 36.6. The highest BCUT2D eigenvalue weighted by atomic mass is 16.5. The number of nitrogens with one attached hydrogen (secondary N) is 1. The maximum Gasteiger partial charge on any atom is 0.305 e. The molecule has 0 aromatic carbocycles. The summed E-state index contributed by atoms with van der Waals surface area (Å²) in [6.45, 7) is 4.99. The molecule has 6 heteroatoms.